The fourth-order valence-corrected chi connectivity index (χ4v) is 5.11. The number of H-pyrrole nitrogens is 1. The standard InChI is InChI=1S/C23H24N4O2S/c1-13-6-8-17-18(11-13)26-21(25-17)16-5-4-10-27(12-16)23(28)20-15(3)24-22(30-20)19-9-7-14(2)29-19/h6-9,11,16H,4-5,10,12H2,1-3H3,(H,25,26)/t16-/m1/s1. The minimum atomic E-state index is 0.0520. The Labute approximate surface area is 179 Å². The Hall–Kier alpha value is -2.93. The quantitative estimate of drug-likeness (QED) is 0.493. The van der Waals surface area contributed by atoms with Crippen LogP contribution in [-0.4, -0.2) is 38.8 Å². The molecule has 1 N–H and O–H groups in total. The molecule has 1 fully saturated rings. The van der Waals surface area contributed by atoms with Crippen LogP contribution in [0.4, 0.5) is 0 Å². The lowest BCUT2D eigenvalue weighted by Gasteiger charge is -2.31. The van der Waals surface area contributed by atoms with E-state index in [2.05, 4.69) is 35.1 Å². The molecule has 6 nitrogen and oxygen atoms in total. The van der Waals surface area contributed by atoms with E-state index >= 15 is 0 Å². The predicted molar refractivity (Wildman–Crippen MR) is 118 cm³/mol. The van der Waals surface area contributed by atoms with Crippen LogP contribution in [0.2, 0.25) is 0 Å². The lowest BCUT2D eigenvalue weighted by atomic mass is 9.97. The van der Waals surface area contributed by atoms with E-state index in [0.29, 0.717) is 17.2 Å². The van der Waals surface area contributed by atoms with Crippen LogP contribution in [0, 0.1) is 20.8 Å². The zero-order valence-electron chi connectivity index (χ0n) is 17.4. The molecule has 0 bridgehead atoms. The molecule has 0 spiro atoms. The average Bonchev–Trinajstić information content (AvgIpc) is 3.45. The van der Waals surface area contributed by atoms with Crippen LogP contribution in [0.15, 0.2) is 34.7 Å². The van der Waals surface area contributed by atoms with Crippen molar-refractivity contribution in [2.45, 2.75) is 39.5 Å². The number of carbonyl (C=O) groups is 1. The van der Waals surface area contributed by atoms with Crippen LogP contribution < -0.4 is 0 Å². The number of aromatic amines is 1. The summed E-state index contributed by atoms with van der Waals surface area (Å²) < 4.78 is 5.69. The van der Waals surface area contributed by atoms with Gasteiger partial charge in [-0.3, -0.25) is 4.79 Å². The summed E-state index contributed by atoms with van der Waals surface area (Å²) in [5.41, 5.74) is 4.01. The predicted octanol–water partition coefficient (Wildman–Crippen LogP) is 5.22. The number of imidazole rings is 1. The molecule has 5 rings (SSSR count). The number of benzene rings is 1. The van der Waals surface area contributed by atoms with Crippen LogP contribution in [0.5, 0.6) is 0 Å². The summed E-state index contributed by atoms with van der Waals surface area (Å²) in [6, 6.07) is 10.1. The van der Waals surface area contributed by atoms with Crippen LogP contribution >= 0.6 is 11.3 Å². The molecule has 0 aliphatic carbocycles. The fourth-order valence-electron chi connectivity index (χ4n) is 4.11. The Balaban J connectivity index is 1.38. The number of nitrogens with zero attached hydrogens (tertiary/aromatic N) is 3. The highest BCUT2D eigenvalue weighted by atomic mass is 32.1. The minimum absolute atomic E-state index is 0.0520. The minimum Gasteiger partial charge on any atom is -0.459 e. The number of carbonyl (C=O) groups excluding carboxylic acids is 1. The molecule has 30 heavy (non-hydrogen) atoms. The van der Waals surface area contributed by atoms with Gasteiger partial charge in [0.15, 0.2) is 10.8 Å². The molecule has 1 aliphatic rings. The first-order valence-electron chi connectivity index (χ1n) is 10.3. The van der Waals surface area contributed by atoms with Crippen molar-refractivity contribution in [1.82, 2.24) is 19.9 Å². The van der Waals surface area contributed by atoms with E-state index in [-0.39, 0.29) is 11.8 Å². The van der Waals surface area contributed by atoms with E-state index in [1.165, 1.54) is 16.9 Å². The van der Waals surface area contributed by atoms with Gasteiger partial charge in [0.05, 0.1) is 16.7 Å². The average molecular weight is 421 g/mol. The molecule has 4 heterocycles. The first kappa shape index (κ1) is 19.1. The molecular formula is C23H24N4O2S. The Bertz CT molecular complexity index is 1240. The molecule has 4 aromatic rings. The fraction of sp³-hybridized carbons (Fsp3) is 0.348. The number of amides is 1. The number of aromatic nitrogens is 3. The molecule has 154 valence electrons. The maximum atomic E-state index is 13.3. The van der Waals surface area contributed by atoms with Crippen molar-refractivity contribution < 1.29 is 9.21 Å². The molecule has 7 heteroatoms. The van der Waals surface area contributed by atoms with Gasteiger partial charge in [-0.15, -0.1) is 11.3 Å². The second-order valence-electron chi connectivity index (χ2n) is 8.08. The van der Waals surface area contributed by atoms with Crippen molar-refractivity contribution in [1.29, 1.82) is 0 Å². The third-order valence-electron chi connectivity index (χ3n) is 5.69. The van der Waals surface area contributed by atoms with E-state index in [9.17, 15) is 4.79 Å². The molecule has 1 atom stereocenters. The van der Waals surface area contributed by atoms with Gasteiger partial charge in [0.25, 0.3) is 5.91 Å². The molecule has 0 unspecified atom stereocenters. The highest BCUT2D eigenvalue weighted by molar-refractivity contribution is 7.17. The molecular weight excluding hydrogens is 396 g/mol. The molecule has 1 saturated heterocycles. The number of furan rings is 1. The Morgan fingerprint density at radius 1 is 1.20 bits per heavy atom. The normalized spacial score (nSPS) is 17.0. The second-order valence-corrected chi connectivity index (χ2v) is 9.08. The van der Waals surface area contributed by atoms with Gasteiger partial charge in [-0.25, -0.2) is 9.97 Å². The zero-order valence-corrected chi connectivity index (χ0v) is 18.2. The summed E-state index contributed by atoms with van der Waals surface area (Å²) in [5, 5.41) is 0.755. The van der Waals surface area contributed by atoms with Gasteiger partial charge >= 0.3 is 0 Å². The van der Waals surface area contributed by atoms with Gasteiger partial charge in [-0.1, -0.05) is 6.07 Å². The number of hydrogen-bond acceptors (Lipinski definition) is 5. The highest BCUT2D eigenvalue weighted by Crippen LogP contribution is 2.32. The van der Waals surface area contributed by atoms with Crippen molar-refractivity contribution in [2.24, 2.45) is 0 Å². The SMILES string of the molecule is Cc1ccc2nc([C@@H]3CCCN(C(=O)c4sc(-c5ccc(C)o5)nc4C)C3)[nH]c2c1. The number of nitrogens with one attached hydrogen (secondary N) is 1. The van der Waals surface area contributed by atoms with E-state index in [4.69, 9.17) is 9.40 Å². The number of hydrogen-bond donors (Lipinski definition) is 1. The Morgan fingerprint density at radius 3 is 2.87 bits per heavy atom. The summed E-state index contributed by atoms with van der Waals surface area (Å²) in [6.07, 6.45) is 2.00. The molecule has 1 aliphatic heterocycles. The number of aryl methyl sites for hydroxylation is 3. The summed E-state index contributed by atoms with van der Waals surface area (Å²) in [6.45, 7) is 7.32. The van der Waals surface area contributed by atoms with E-state index in [0.717, 1.165) is 52.7 Å². The monoisotopic (exact) mass is 420 g/mol. The van der Waals surface area contributed by atoms with Crippen LogP contribution in [0.25, 0.3) is 21.8 Å². The van der Waals surface area contributed by atoms with Crippen LogP contribution in [0.3, 0.4) is 0 Å². The molecule has 1 aromatic carbocycles. The maximum absolute atomic E-state index is 13.3. The summed E-state index contributed by atoms with van der Waals surface area (Å²) in [4.78, 5) is 28.8. The van der Waals surface area contributed by atoms with Crippen LogP contribution in [0.1, 0.15) is 51.3 Å². The van der Waals surface area contributed by atoms with Gasteiger partial charge in [-0.05, 0) is 63.4 Å². The van der Waals surface area contributed by atoms with Gasteiger partial charge in [0, 0.05) is 19.0 Å². The van der Waals surface area contributed by atoms with Crippen molar-refractivity contribution in [2.75, 3.05) is 13.1 Å². The Morgan fingerprint density at radius 2 is 2.07 bits per heavy atom. The zero-order chi connectivity index (χ0) is 20.8. The molecule has 0 radical (unpaired) electrons. The number of rotatable bonds is 3. The van der Waals surface area contributed by atoms with E-state index in [1.54, 1.807) is 0 Å². The summed E-state index contributed by atoms with van der Waals surface area (Å²) in [7, 11) is 0. The number of likely N-dealkylation sites (tertiary alicyclic amines) is 1. The third-order valence-corrected chi connectivity index (χ3v) is 6.85. The summed E-state index contributed by atoms with van der Waals surface area (Å²) >= 11 is 1.41. The Kier molecular flexibility index (Phi) is 4.70. The summed E-state index contributed by atoms with van der Waals surface area (Å²) in [5.74, 6) is 2.80. The lowest BCUT2D eigenvalue weighted by Crippen LogP contribution is -2.39. The third kappa shape index (κ3) is 3.43. The van der Waals surface area contributed by atoms with Gasteiger partial charge in [-0.2, -0.15) is 0 Å². The van der Waals surface area contributed by atoms with E-state index in [1.807, 2.05) is 30.9 Å². The number of thiazole rings is 1. The van der Waals surface area contributed by atoms with Gasteiger partial charge in [0.1, 0.15) is 16.5 Å². The molecule has 0 saturated carbocycles. The molecule has 1 amide bonds. The van der Waals surface area contributed by atoms with Gasteiger partial charge < -0.3 is 14.3 Å². The number of piperidine rings is 1. The first-order valence-corrected chi connectivity index (χ1v) is 11.1. The van der Waals surface area contributed by atoms with Crippen LogP contribution in [-0.2, 0) is 0 Å². The van der Waals surface area contributed by atoms with Gasteiger partial charge in [0.2, 0.25) is 0 Å². The van der Waals surface area contributed by atoms with Crippen molar-refractivity contribution >= 4 is 28.3 Å². The molecule has 3 aromatic heterocycles. The van der Waals surface area contributed by atoms with Crippen molar-refractivity contribution in [3.05, 3.63) is 58.1 Å². The maximum Gasteiger partial charge on any atom is 0.265 e. The van der Waals surface area contributed by atoms with Crippen molar-refractivity contribution in [3.63, 3.8) is 0 Å². The first-order chi connectivity index (χ1) is 14.5. The largest absolute Gasteiger partial charge is 0.459 e. The topological polar surface area (TPSA) is 75.0 Å². The van der Waals surface area contributed by atoms with Crippen molar-refractivity contribution in [3.8, 4) is 10.8 Å². The highest BCUT2D eigenvalue weighted by Gasteiger charge is 2.29. The number of fused-ring (bicyclic) bond motifs is 1. The smallest absolute Gasteiger partial charge is 0.265 e. The second kappa shape index (κ2) is 7.40. The van der Waals surface area contributed by atoms with E-state index < -0.39 is 0 Å². The lowest BCUT2D eigenvalue weighted by molar-refractivity contribution is 0.0709.